The van der Waals surface area contributed by atoms with Crippen LogP contribution in [0.4, 0.5) is 5.69 Å². The number of para-hydroxylation sites is 1. The Balaban J connectivity index is 1.59. The highest BCUT2D eigenvalue weighted by molar-refractivity contribution is 7.92. The van der Waals surface area contributed by atoms with E-state index in [0.29, 0.717) is 23.7 Å². The summed E-state index contributed by atoms with van der Waals surface area (Å²) in [4.78, 5) is 15.1. The molecule has 0 aromatic heterocycles. The van der Waals surface area contributed by atoms with Crippen LogP contribution >= 0.6 is 0 Å². The third kappa shape index (κ3) is 6.97. The monoisotopic (exact) mass is 459 g/mol. The van der Waals surface area contributed by atoms with Crippen LogP contribution in [0.15, 0.2) is 54.6 Å². The van der Waals surface area contributed by atoms with Gasteiger partial charge < -0.3 is 15.0 Å². The van der Waals surface area contributed by atoms with Crippen LogP contribution in [0.25, 0.3) is 0 Å². The van der Waals surface area contributed by atoms with Crippen molar-refractivity contribution in [2.24, 2.45) is 0 Å². The first-order valence-electron chi connectivity index (χ1n) is 11.2. The number of anilines is 1. The number of carbonyl (C=O) groups excluding carboxylic acids is 1. The number of carbonyl (C=O) groups is 1. The number of nitrogens with one attached hydrogen (secondary N) is 1. The van der Waals surface area contributed by atoms with Gasteiger partial charge in [0, 0.05) is 6.54 Å². The maximum Gasteiger partial charge on any atom is 0.243 e. The molecule has 7 nitrogen and oxygen atoms in total. The Morgan fingerprint density at radius 3 is 2.28 bits per heavy atom. The molecule has 1 fully saturated rings. The molecule has 174 valence electrons. The lowest BCUT2D eigenvalue weighted by molar-refractivity contribution is -0.121. The molecule has 1 aliphatic heterocycles. The van der Waals surface area contributed by atoms with Gasteiger partial charge >= 0.3 is 0 Å². The molecule has 1 N–H and O–H groups in total. The Labute approximate surface area is 191 Å². The summed E-state index contributed by atoms with van der Waals surface area (Å²) in [7, 11) is -3.66. The number of hydrogen-bond acceptors (Lipinski definition) is 5. The molecule has 0 radical (unpaired) electrons. The van der Waals surface area contributed by atoms with Gasteiger partial charge in [0.2, 0.25) is 15.9 Å². The van der Waals surface area contributed by atoms with Crippen LogP contribution in [-0.4, -0.2) is 57.7 Å². The van der Waals surface area contributed by atoms with Gasteiger partial charge in [0.15, 0.2) is 0 Å². The highest BCUT2D eigenvalue weighted by atomic mass is 32.2. The van der Waals surface area contributed by atoms with Crippen molar-refractivity contribution >= 4 is 21.6 Å². The van der Waals surface area contributed by atoms with Crippen LogP contribution in [-0.2, 0) is 14.8 Å². The maximum absolute atomic E-state index is 12.7. The van der Waals surface area contributed by atoms with E-state index in [1.807, 2.05) is 30.3 Å². The molecular weight excluding hydrogens is 426 g/mol. The van der Waals surface area contributed by atoms with Gasteiger partial charge in [-0.1, -0.05) is 24.6 Å². The number of amides is 1. The third-order valence-corrected chi connectivity index (χ3v) is 6.80. The van der Waals surface area contributed by atoms with Crippen LogP contribution in [0.1, 0.15) is 32.6 Å². The van der Waals surface area contributed by atoms with E-state index in [4.69, 9.17) is 4.74 Å². The van der Waals surface area contributed by atoms with Crippen molar-refractivity contribution in [2.45, 2.75) is 38.6 Å². The second-order valence-electron chi connectivity index (χ2n) is 8.19. The zero-order valence-corrected chi connectivity index (χ0v) is 19.7. The van der Waals surface area contributed by atoms with Crippen molar-refractivity contribution < 1.29 is 17.9 Å². The Hall–Kier alpha value is -2.58. The van der Waals surface area contributed by atoms with Crippen molar-refractivity contribution in [2.75, 3.05) is 36.7 Å². The molecule has 2 aromatic carbocycles. The Morgan fingerprint density at radius 2 is 1.66 bits per heavy atom. The predicted molar refractivity (Wildman–Crippen MR) is 128 cm³/mol. The van der Waals surface area contributed by atoms with E-state index in [1.54, 1.807) is 31.2 Å². The zero-order chi connectivity index (χ0) is 23.0. The summed E-state index contributed by atoms with van der Waals surface area (Å²) in [5.41, 5.74) is 0.420. The highest BCUT2D eigenvalue weighted by Gasteiger charge is 2.29. The lowest BCUT2D eigenvalue weighted by atomic mass is 10.1. The fourth-order valence-electron chi connectivity index (χ4n) is 3.94. The topological polar surface area (TPSA) is 79.0 Å². The molecule has 1 heterocycles. The Bertz CT molecular complexity index is 958. The average molecular weight is 460 g/mol. The minimum Gasteiger partial charge on any atom is -0.457 e. The minimum absolute atomic E-state index is 0.307. The molecule has 0 spiro atoms. The molecule has 0 unspecified atom stereocenters. The van der Waals surface area contributed by atoms with Crippen LogP contribution in [0.2, 0.25) is 0 Å². The zero-order valence-electron chi connectivity index (χ0n) is 18.9. The molecule has 2 aromatic rings. The molecule has 1 aliphatic rings. The van der Waals surface area contributed by atoms with E-state index >= 15 is 0 Å². The molecule has 0 bridgehead atoms. The van der Waals surface area contributed by atoms with E-state index in [9.17, 15) is 13.2 Å². The van der Waals surface area contributed by atoms with E-state index in [0.717, 1.165) is 36.6 Å². The fraction of sp³-hybridized carbons (Fsp3) is 0.458. The Kier molecular flexibility index (Phi) is 8.53. The fourth-order valence-corrected chi connectivity index (χ4v) is 5.11. The quantitative estimate of drug-likeness (QED) is 0.549. The standard InChI is InChI=1S/C24H33N3O4S/c1-20(24(28)25-16-9-19-26-17-7-4-8-18-26)27(32(2,29)30)21-12-14-23(15-13-21)31-22-10-5-3-6-11-22/h3,5-6,10-15,20H,4,7-9,16-19H2,1-2H3,(H,25,28)/t20-/m1/s1. The number of benzene rings is 2. The lowest BCUT2D eigenvalue weighted by Gasteiger charge is -2.29. The molecule has 1 saturated heterocycles. The molecule has 0 saturated carbocycles. The van der Waals surface area contributed by atoms with Gasteiger partial charge in [-0.15, -0.1) is 0 Å². The van der Waals surface area contributed by atoms with Gasteiger partial charge in [-0.25, -0.2) is 8.42 Å². The first kappa shape index (κ1) is 24.1. The minimum atomic E-state index is -3.66. The van der Waals surface area contributed by atoms with Gasteiger partial charge in [0.1, 0.15) is 17.5 Å². The summed E-state index contributed by atoms with van der Waals surface area (Å²) >= 11 is 0. The summed E-state index contributed by atoms with van der Waals surface area (Å²) in [5.74, 6) is 0.972. The average Bonchev–Trinajstić information content (AvgIpc) is 2.78. The molecule has 0 aliphatic carbocycles. The number of rotatable bonds is 10. The predicted octanol–water partition coefficient (Wildman–Crippen LogP) is 3.63. The second kappa shape index (κ2) is 11.3. The number of nitrogens with zero attached hydrogens (tertiary/aromatic N) is 2. The highest BCUT2D eigenvalue weighted by Crippen LogP contribution is 2.26. The van der Waals surface area contributed by atoms with Crippen LogP contribution in [0, 0.1) is 0 Å². The largest absolute Gasteiger partial charge is 0.457 e. The van der Waals surface area contributed by atoms with Gasteiger partial charge in [-0.05, 0) is 82.2 Å². The summed E-state index contributed by atoms with van der Waals surface area (Å²) in [6, 6.07) is 15.2. The van der Waals surface area contributed by atoms with Crippen molar-refractivity contribution in [3.8, 4) is 11.5 Å². The number of sulfonamides is 1. The normalized spacial score (nSPS) is 15.7. The van der Waals surface area contributed by atoms with Crippen LogP contribution in [0.5, 0.6) is 11.5 Å². The molecule has 8 heteroatoms. The van der Waals surface area contributed by atoms with E-state index < -0.39 is 16.1 Å². The van der Waals surface area contributed by atoms with Crippen molar-refractivity contribution in [3.05, 3.63) is 54.6 Å². The van der Waals surface area contributed by atoms with Crippen LogP contribution in [0.3, 0.4) is 0 Å². The molecule has 1 amide bonds. The number of piperidine rings is 1. The van der Waals surface area contributed by atoms with Gasteiger partial charge in [0.25, 0.3) is 0 Å². The Morgan fingerprint density at radius 1 is 1.03 bits per heavy atom. The van der Waals surface area contributed by atoms with Gasteiger partial charge in [-0.3, -0.25) is 9.10 Å². The molecule has 32 heavy (non-hydrogen) atoms. The molecular formula is C24H33N3O4S. The van der Waals surface area contributed by atoms with Crippen molar-refractivity contribution in [3.63, 3.8) is 0 Å². The third-order valence-electron chi connectivity index (χ3n) is 5.56. The lowest BCUT2D eigenvalue weighted by Crippen LogP contribution is -2.48. The van der Waals surface area contributed by atoms with E-state index in [1.165, 1.54) is 19.3 Å². The SMILES string of the molecule is C[C@H](C(=O)NCCCN1CCCCC1)N(c1ccc(Oc2ccccc2)cc1)S(C)(=O)=O. The number of hydrogen-bond donors (Lipinski definition) is 1. The number of ether oxygens (including phenoxy) is 1. The summed E-state index contributed by atoms with van der Waals surface area (Å²) < 4.78 is 31.9. The van der Waals surface area contributed by atoms with E-state index in [2.05, 4.69) is 10.2 Å². The summed E-state index contributed by atoms with van der Waals surface area (Å²) in [6.07, 6.45) is 5.74. The first-order chi connectivity index (χ1) is 15.3. The molecule has 3 rings (SSSR count). The summed E-state index contributed by atoms with van der Waals surface area (Å²) in [6.45, 7) is 5.33. The second-order valence-corrected chi connectivity index (χ2v) is 10.1. The smallest absolute Gasteiger partial charge is 0.243 e. The van der Waals surface area contributed by atoms with Crippen molar-refractivity contribution in [1.29, 1.82) is 0 Å². The van der Waals surface area contributed by atoms with Gasteiger partial charge in [0.05, 0.1) is 11.9 Å². The number of likely N-dealkylation sites (tertiary alicyclic amines) is 1. The van der Waals surface area contributed by atoms with Crippen LogP contribution < -0.4 is 14.4 Å². The first-order valence-corrected chi connectivity index (χ1v) is 13.0. The van der Waals surface area contributed by atoms with Gasteiger partial charge in [-0.2, -0.15) is 0 Å². The van der Waals surface area contributed by atoms with Crippen molar-refractivity contribution in [1.82, 2.24) is 10.2 Å². The summed E-state index contributed by atoms with van der Waals surface area (Å²) in [5, 5.41) is 2.89. The maximum atomic E-state index is 12.7. The van der Waals surface area contributed by atoms with E-state index in [-0.39, 0.29) is 5.91 Å². The molecule has 1 atom stereocenters.